The number of carbonyl (C=O) groups is 3. The van der Waals surface area contributed by atoms with Crippen molar-refractivity contribution in [3.05, 3.63) is 88.7 Å². The fraction of sp³-hybridized carbons (Fsp3) is 0.632. The second-order valence-corrected chi connectivity index (χ2v) is 20.2. The highest BCUT2D eigenvalue weighted by Crippen LogP contribution is 2.41. The molecular formula is C57H72F12O6. The van der Waals surface area contributed by atoms with Crippen LogP contribution in [-0.2, 0) is 32.9 Å². The molecule has 0 atom stereocenters. The van der Waals surface area contributed by atoms with E-state index in [4.69, 9.17) is 14.2 Å². The molecule has 6 rings (SSSR count). The van der Waals surface area contributed by atoms with Gasteiger partial charge in [0.25, 0.3) is 0 Å². The molecule has 0 unspecified atom stereocenters. The molecule has 3 aliphatic rings. The number of hydrogen-bond acceptors (Lipinski definition) is 6. The summed E-state index contributed by atoms with van der Waals surface area (Å²) in [6.45, 7) is 13.0. The summed E-state index contributed by atoms with van der Waals surface area (Å²) in [6.07, 6.45) is 2.45. The van der Waals surface area contributed by atoms with Crippen molar-refractivity contribution in [1.82, 2.24) is 0 Å². The normalized spacial score (nSPS) is 21.4. The van der Waals surface area contributed by atoms with Gasteiger partial charge in [0.15, 0.2) is 0 Å². The Morgan fingerprint density at radius 1 is 0.413 bits per heavy atom. The molecule has 3 saturated carbocycles. The molecule has 6 nitrogen and oxygen atoms in total. The molecule has 75 heavy (non-hydrogen) atoms. The van der Waals surface area contributed by atoms with Crippen molar-refractivity contribution in [3.63, 3.8) is 0 Å². The predicted molar refractivity (Wildman–Crippen MR) is 260 cm³/mol. The molecular weight excluding hydrogens is 1010 g/mol. The molecule has 0 aromatic heterocycles. The van der Waals surface area contributed by atoms with E-state index in [1.165, 1.54) is 25.0 Å². The van der Waals surface area contributed by atoms with Gasteiger partial charge in [-0.05, 0) is 149 Å². The standard InChI is InChI=1S/C19H23F5O2.C19H24F4O2.C19H25F3O2/c1-3-11(4-2)12-5-7-13(8-6-12)18(25)26-14-9-15(20)17(16(21)10-14)19(22,23)24;1-3-12(4-2)13-5-7-14(8-6-13)18(24)25-15-9-10-16(17(20)11-15)19(21,22)23;1-3-13(4-2)14-5-7-15(8-6-14)18(23)24-17-11-9-16(10-12-17)19(20,21)22/h9-13H,3-8H2,1-2H3;9-14H,3-8H2,1-2H3;9-15H,3-8H2,1-2H3. The van der Waals surface area contributed by atoms with Crippen molar-refractivity contribution in [2.75, 3.05) is 0 Å². The second-order valence-electron chi connectivity index (χ2n) is 20.2. The van der Waals surface area contributed by atoms with E-state index in [-0.39, 0.29) is 29.3 Å². The van der Waals surface area contributed by atoms with E-state index in [1.807, 2.05) is 0 Å². The summed E-state index contributed by atoms with van der Waals surface area (Å²) >= 11 is 0. The lowest BCUT2D eigenvalue weighted by molar-refractivity contribution is -0.143. The van der Waals surface area contributed by atoms with Gasteiger partial charge in [0.1, 0.15) is 40.3 Å². The summed E-state index contributed by atoms with van der Waals surface area (Å²) < 4.78 is 169. The van der Waals surface area contributed by atoms with Gasteiger partial charge in [-0.2, -0.15) is 39.5 Å². The minimum Gasteiger partial charge on any atom is -0.426 e. The van der Waals surface area contributed by atoms with Crippen LogP contribution >= 0.6 is 0 Å². The molecule has 0 amide bonds. The third-order valence-electron chi connectivity index (χ3n) is 15.8. The lowest BCUT2D eigenvalue weighted by Crippen LogP contribution is -2.28. The molecule has 3 aromatic carbocycles. The summed E-state index contributed by atoms with van der Waals surface area (Å²) in [6, 6.07) is 7.30. The zero-order valence-corrected chi connectivity index (χ0v) is 43.6. The lowest BCUT2D eigenvalue weighted by atomic mass is 9.74. The SMILES string of the molecule is CCC(CC)C1CCC(C(=O)Oc2cc(F)c(C(F)(F)F)c(F)c2)CC1.CCC(CC)C1CCC(C(=O)Oc2ccc(C(F)(F)F)c(F)c2)CC1.CCC(CC)C1CCC(C(=O)Oc2ccc(C(F)(F)F)cc2)CC1. The molecule has 420 valence electrons. The first-order valence-electron chi connectivity index (χ1n) is 26.5. The van der Waals surface area contributed by atoms with E-state index in [0.29, 0.717) is 79.5 Å². The summed E-state index contributed by atoms with van der Waals surface area (Å²) in [5.74, 6) is -3.98. The maximum atomic E-state index is 13.6. The van der Waals surface area contributed by atoms with Crippen molar-refractivity contribution in [2.24, 2.45) is 53.3 Å². The van der Waals surface area contributed by atoms with Gasteiger partial charge < -0.3 is 14.2 Å². The number of esters is 3. The van der Waals surface area contributed by atoms with Gasteiger partial charge in [0.05, 0.1) is 28.9 Å². The lowest BCUT2D eigenvalue weighted by Gasteiger charge is -2.32. The van der Waals surface area contributed by atoms with Gasteiger partial charge in [0.2, 0.25) is 0 Å². The van der Waals surface area contributed by atoms with Crippen molar-refractivity contribution < 1.29 is 81.3 Å². The van der Waals surface area contributed by atoms with Crippen LogP contribution in [0.4, 0.5) is 52.7 Å². The number of carbonyl (C=O) groups excluding carboxylic acids is 3. The Balaban J connectivity index is 0.000000244. The first kappa shape index (κ1) is 62.8. The fourth-order valence-electron chi connectivity index (χ4n) is 11.3. The number of ether oxygens (including phenoxy) is 3. The van der Waals surface area contributed by atoms with E-state index in [0.717, 1.165) is 101 Å². The third-order valence-corrected chi connectivity index (χ3v) is 15.8. The van der Waals surface area contributed by atoms with Crippen molar-refractivity contribution in [3.8, 4) is 17.2 Å². The molecule has 3 aliphatic carbocycles. The van der Waals surface area contributed by atoms with Crippen LogP contribution in [0.15, 0.2) is 54.6 Å². The first-order valence-corrected chi connectivity index (χ1v) is 26.5. The maximum Gasteiger partial charge on any atom is 0.422 e. The Morgan fingerprint density at radius 2 is 0.720 bits per heavy atom. The molecule has 0 N–H and O–H groups in total. The van der Waals surface area contributed by atoms with Gasteiger partial charge in [-0.25, -0.2) is 13.2 Å². The van der Waals surface area contributed by atoms with Crippen LogP contribution in [-0.4, -0.2) is 17.9 Å². The van der Waals surface area contributed by atoms with Crippen molar-refractivity contribution >= 4 is 17.9 Å². The van der Waals surface area contributed by atoms with Crippen LogP contribution in [0, 0.1) is 70.7 Å². The van der Waals surface area contributed by atoms with E-state index in [9.17, 15) is 67.1 Å². The summed E-state index contributed by atoms with van der Waals surface area (Å²) in [5, 5.41) is 0. The van der Waals surface area contributed by atoms with Crippen LogP contribution in [0.25, 0.3) is 0 Å². The minimum absolute atomic E-state index is 0.141. The van der Waals surface area contributed by atoms with Crippen LogP contribution in [0.1, 0.15) is 174 Å². The zero-order valence-electron chi connectivity index (χ0n) is 43.6. The molecule has 0 bridgehead atoms. The minimum atomic E-state index is -5.15. The van der Waals surface area contributed by atoms with Crippen molar-refractivity contribution in [2.45, 2.75) is 176 Å². The Kier molecular flexibility index (Phi) is 23.9. The third kappa shape index (κ3) is 18.5. The van der Waals surface area contributed by atoms with E-state index in [2.05, 4.69) is 41.5 Å². The smallest absolute Gasteiger partial charge is 0.422 e. The number of alkyl halides is 9. The quantitative estimate of drug-likeness (QED) is 0.0857. The van der Waals surface area contributed by atoms with Crippen LogP contribution in [0.3, 0.4) is 0 Å². The number of hydrogen-bond donors (Lipinski definition) is 0. The highest BCUT2D eigenvalue weighted by Gasteiger charge is 2.40. The molecule has 3 aromatic rings. The summed E-state index contributed by atoms with van der Waals surface area (Å²) in [5.41, 5.74) is -4.09. The Labute approximate surface area is 433 Å². The monoisotopic (exact) mass is 1080 g/mol. The van der Waals surface area contributed by atoms with Gasteiger partial charge in [0, 0.05) is 18.2 Å². The molecule has 3 fully saturated rings. The molecule has 0 spiro atoms. The Morgan fingerprint density at radius 3 is 1.01 bits per heavy atom. The highest BCUT2D eigenvalue weighted by atomic mass is 19.4. The molecule has 0 heterocycles. The largest absolute Gasteiger partial charge is 0.426 e. The van der Waals surface area contributed by atoms with E-state index < -0.39 is 76.3 Å². The Bertz CT molecular complexity index is 2220. The molecule has 18 heteroatoms. The average Bonchev–Trinajstić information content (AvgIpc) is 3.35. The first-order chi connectivity index (χ1) is 35.3. The Hall–Kier alpha value is -4.77. The van der Waals surface area contributed by atoms with Crippen molar-refractivity contribution in [1.29, 1.82) is 0 Å². The van der Waals surface area contributed by atoms with Gasteiger partial charge >= 0.3 is 36.4 Å². The molecule has 0 saturated heterocycles. The average molecular weight is 1080 g/mol. The number of benzene rings is 3. The maximum absolute atomic E-state index is 13.6. The molecule has 0 aliphatic heterocycles. The number of halogens is 12. The fourth-order valence-corrected chi connectivity index (χ4v) is 11.3. The van der Waals surface area contributed by atoms with Crippen LogP contribution in [0.2, 0.25) is 0 Å². The summed E-state index contributed by atoms with van der Waals surface area (Å²) in [7, 11) is 0. The van der Waals surface area contributed by atoms with E-state index in [1.54, 1.807) is 0 Å². The van der Waals surface area contributed by atoms with E-state index >= 15 is 0 Å². The van der Waals surface area contributed by atoms with Gasteiger partial charge in [-0.3, -0.25) is 14.4 Å². The molecule has 0 radical (unpaired) electrons. The van der Waals surface area contributed by atoms with Gasteiger partial charge in [-0.15, -0.1) is 0 Å². The predicted octanol–water partition coefficient (Wildman–Crippen LogP) is 18.0. The van der Waals surface area contributed by atoms with Crippen LogP contribution < -0.4 is 14.2 Å². The number of rotatable bonds is 15. The zero-order chi connectivity index (χ0) is 55.8. The summed E-state index contributed by atoms with van der Waals surface area (Å²) in [4.78, 5) is 36.6. The highest BCUT2D eigenvalue weighted by molar-refractivity contribution is 5.76. The van der Waals surface area contributed by atoms with Crippen LogP contribution in [0.5, 0.6) is 17.2 Å². The second kappa shape index (κ2) is 28.6. The van der Waals surface area contributed by atoms with Gasteiger partial charge in [-0.1, -0.05) is 80.1 Å². The topological polar surface area (TPSA) is 78.9 Å².